The first-order valence-electron chi connectivity index (χ1n) is 4.36. The number of nitrogens with two attached hydrogens (primary N) is 1. The standard InChI is InChI=1S/C10H14Cl2N2/c1-14(2)6-10(13)8-5-7(11)3-4-9(8)12/h3-5,10H,6,13H2,1-2H3. The van der Waals surface area contributed by atoms with Gasteiger partial charge in [-0.25, -0.2) is 0 Å². The van der Waals surface area contributed by atoms with Gasteiger partial charge in [-0.2, -0.15) is 0 Å². The molecule has 0 radical (unpaired) electrons. The second kappa shape index (κ2) is 4.99. The lowest BCUT2D eigenvalue weighted by molar-refractivity contribution is 0.377. The molecule has 0 aliphatic carbocycles. The zero-order valence-corrected chi connectivity index (χ0v) is 9.81. The summed E-state index contributed by atoms with van der Waals surface area (Å²) in [4.78, 5) is 2.02. The Hall–Kier alpha value is -0.280. The molecular formula is C10H14Cl2N2. The molecule has 1 unspecified atom stereocenters. The molecule has 78 valence electrons. The van der Waals surface area contributed by atoms with Gasteiger partial charge in [0.05, 0.1) is 0 Å². The van der Waals surface area contributed by atoms with Crippen LogP contribution in [0.2, 0.25) is 10.0 Å². The monoisotopic (exact) mass is 232 g/mol. The van der Waals surface area contributed by atoms with Crippen LogP contribution >= 0.6 is 23.2 Å². The molecule has 0 saturated carbocycles. The minimum Gasteiger partial charge on any atom is -0.323 e. The van der Waals surface area contributed by atoms with Crippen molar-refractivity contribution in [1.82, 2.24) is 4.90 Å². The number of benzene rings is 1. The Morgan fingerprint density at radius 3 is 2.57 bits per heavy atom. The van der Waals surface area contributed by atoms with Crippen molar-refractivity contribution in [2.75, 3.05) is 20.6 Å². The van der Waals surface area contributed by atoms with Crippen molar-refractivity contribution in [3.63, 3.8) is 0 Å². The lowest BCUT2D eigenvalue weighted by Gasteiger charge is -2.18. The summed E-state index contributed by atoms with van der Waals surface area (Å²) in [7, 11) is 3.94. The molecule has 0 bridgehead atoms. The zero-order valence-electron chi connectivity index (χ0n) is 8.30. The normalized spacial score (nSPS) is 13.3. The third kappa shape index (κ3) is 3.14. The SMILES string of the molecule is CN(C)CC(N)c1cc(Cl)ccc1Cl. The van der Waals surface area contributed by atoms with E-state index in [-0.39, 0.29) is 6.04 Å². The van der Waals surface area contributed by atoms with Gasteiger partial charge >= 0.3 is 0 Å². The van der Waals surface area contributed by atoms with Crippen LogP contribution < -0.4 is 5.73 Å². The van der Waals surface area contributed by atoms with Gasteiger partial charge in [0.15, 0.2) is 0 Å². The summed E-state index contributed by atoms with van der Waals surface area (Å²) in [5.41, 5.74) is 6.88. The second-order valence-corrected chi connectivity index (χ2v) is 4.38. The molecule has 0 fully saturated rings. The minimum absolute atomic E-state index is 0.101. The lowest BCUT2D eigenvalue weighted by Crippen LogP contribution is -2.26. The molecule has 0 heterocycles. The van der Waals surface area contributed by atoms with E-state index in [4.69, 9.17) is 28.9 Å². The van der Waals surface area contributed by atoms with Crippen LogP contribution in [0.5, 0.6) is 0 Å². The Balaban J connectivity index is 2.88. The smallest absolute Gasteiger partial charge is 0.0455 e. The molecule has 1 aromatic carbocycles. The Bertz CT molecular complexity index is 313. The first kappa shape index (κ1) is 11.8. The molecule has 0 aliphatic rings. The van der Waals surface area contributed by atoms with Gasteiger partial charge in [0, 0.05) is 22.6 Å². The summed E-state index contributed by atoms with van der Waals surface area (Å²) in [6.45, 7) is 0.750. The molecule has 2 nitrogen and oxygen atoms in total. The largest absolute Gasteiger partial charge is 0.323 e. The van der Waals surface area contributed by atoms with Crippen molar-refractivity contribution >= 4 is 23.2 Å². The van der Waals surface area contributed by atoms with Crippen molar-refractivity contribution in [2.24, 2.45) is 5.73 Å². The molecule has 14 heavy (non-hydrogen) atoms. The Morgan fingerprint density at radius 1 is 1.36 bits per heavy atom. The minimum atomic E-state index is -0.101. The van der Waals surface area contributed by atoms with E-state index in [1.807, 2.05) is 25.1 Å². The highest BCUT2D eigenvalue weighted by molar-refractivity contribution is 6.33. The maximum atomic E-state index is 6.02. The van der Waals surface area contributed by atoms with Crippen LogP contribution in [0.15, 0.2) is 18.2 Å². The van der Waals surface area contributed by atoms with Gasteiger partial charge in [-0.1, -0.05) is 23.2 Å². The van der Waals surface area contributed by atoms with Crippen molar-refractivity contribution in [1.29, 1.82) is 0 Å². The molecular weight excluding hydrogens is 219 g/mol. The molecule has 0 aliphatic heterocycles. The van der Waals surface area contributed by atoms with E-state index in [2.05, 4.69) is 0 Å². The Morgan fingerprint density at radius 2 is 2.00 bits per heavy atom. The van der Waals surface area contributed by atoms with E-state index in [1.54, 1.807) is 12.1 Å². The van der Waals surface area contributed by atoms with Crippen LogP contribution in [0.1, 0.15) is 11.6 Å². The molecule has 0 saturated heterocycles. The quantitative estimate of drug-likeness (QED) is 0.869. The van der Waals surface area contributed by atoms with E-state index in [9.17, 15) is 0 Å². The number of nitrogens with zero attached hydrogens (tertiary/aromatic N) is 1. The third-order valence-electron chi connectivity index (χ3n) is 1.92. The van der Waals surface area contributed by atoms with Gasteiger partial charge in [0.1, 0.15) is 0 Å². The maximum Gasteiger partial charge on any atom is 0.0455 e. The number of likely N-dealkylation sites (N-methyl/N-ethyl adjacent to an activating group) is 1. The summed E-state index contributed by atoms with van der Waals surface area (Å²) in [5.74, 6) is 0. The fraction of sp³-hybridized carbons (Fsp3) is 0.400. The molecule has 0 amide bonds. The average Bonchev–Trinajstić information content (AvgIpc) is 2.08. The summed E-state index contributed by atoms with van der Waals surface area (Å²) < 4.78 is 0. The number of hydrogen-bond donors (Lipinski definition) is 1. The van der Waals surface area contributed by atoms with E-state index >= 15 is 0 Å². The van der Waals surface area contributed by atoms with Crippen LogP contribution in [-0.2, 0) is 0 Å². The van der Waals surface area contributed by atoms with Crippen LogP contribution in [0.4, 0.5) is 0 Å². The van der Waals surface area contributed by atoms with E-state index < -0.39 is 0 Å². The topological polar surface area (TPSA) is 29.3 Å². The van der Waals surface area contributed by atoms with Crippen molar-refractivity contribution in [3.8, 4) is 0 Å². The first-order chi connectivity index (χ1) is 6.50. The molecule has 0 spiro atoms. The Labute approximate surface area is 94.6 Å². The van der Waals surface area contributed by atoms with Gasteiger partial charge in [-0.05, 0) is 37.9 Å². The van der Waals surface area contributed by atoms with Gasteiger partial charge in [0.25, 0.3) is 0 Å². The van der Waals surface area contributed by atoms with E-state index in [0.717, 1.165) is 12.1 Å². The predicted octanol–water partition coefficient (Wildman–Crippen LogP) is 2.55. The van der Waals surface area contributed by atoms with Gasteiger partial charge < -0.3 is 10.6 Å². The molecule has 1 atom stereocenters. The van der Waals surface area contributed by atoms with Gasteiger partial charge in [0.2, 0.25) is 0 Å². The Kier molecular flexibility index (Phi) is 4.20. The summed E-state index contributed by atoms with van der Waals surface area (Å²) in [5, 5.41) is 1.34. The summed E-state index contributed by atoms with van der Waals surface area (Å²) in [6, 6.07) is 5.25. The number of halogens is 2. The van der Waals surface area contributed by atoms with Gasteiger partial charge in [-0.15, -0.1) is 0 Å². The fourth-order valence-corrected chi connectivity index (χ4v) is 1.73. The van der Waals surface area contributed by atoms with Crippen LogP contribution in [0, 0.1) is 0 Å². The van der Waals surface area contributed by atoms with E-state index in [1.165, 1.54) is 0 Å². The van der Waals surface area contributed by atoms with Crippen molar-refractivity contribution in [3.05, 3.63) is 33.8 Å². The molecule has 1 aromatic rings. The van der Waals surface area contributed by atoms with Crippen LogP contribution in [-0.4, -0.2) is 25.5 Å². The highest BCUT2D eigenvalue weighted by atomic mass is 35.5. The summed E-state index contributed by atoms with van der Waals surface area (Å²) in [6.07, 6.45) is 0. The predicted molar refractivity (Wildman–Crippen MR) is 61.9 cm³/mol. The lowest BCUT2D eigenvalue weighted by atomic mass is 10.1. The number of hydrogen-bond acceptors (Lipinski definition) is 2. The van der Waals surface area contributed by atoms with Crippen LogP contribution in [0.25, 0.3) is 0 Å². The van der Waals surface area contributed by atoms with Crippen molar-refractivity contribution < 1.29 is 0 Å². The highest BCUT2D eigenvalue weighted by Gasteiger charge is 2.11. The van der Waals surface area contributed by atoms with Gasteiger partial charge in [-0.3, -0.25) is 0 Å². The van der Waals surface area contributed by atoms with Crippen molar-refractivity contribution in [2.45, 2.75) is 6.04 Å². The molecule has 1 rings (SSSR count). The first-order valence-corrected chi connectivity index (χ1v) is 5.11. The molecule has 4 heteroatoms. The van der Waals surface area contributed by atoms with Crippen LogP contribution in [0.3, 0.4) is 0 Å². The fourth-order valence-electron chi connectivity index (χ4n) is 1.29. The average molecular weight is 233 g/mol. The summed E-state index contributed by atoms with van der Waals surface area (Å²) >= 11 is 11.9. The zero-order chi connectivity index (χ0) is 10.7. The third-order valence-corrected chi connectivity index (χ3v) is 2.50. The van der Waals surface area contributed by atoms with E-state index in [0.29, 0.717) is 10.0 Å². The highest BCUT2D eigenvalue weighted by Crippen LogP contribution is 2.25. The second-order valence-electron chi connectivity index (χ2n) is 3.53. The molecule has 2 N–H and O–H groups in total. The molecule has 0 aromatic heterocycles. The maximum absolute atomic E-state index is 6.02. The number of rotatable bonds is 3.